The first-order valence-corrected chi connectivity index (χ1v) is 12.1. The molecular weight excluding hydrogens is 444 g/mol. The van der Waals surface area contributed by atoms with E-state index < -0.39 is 0 Å². The summed E-state index contributed by atoms with van der Waals surface area (Å²) in [6.45, 7) is 7.02. The Morgan fingerprint density at radius 1 is 1.18 bits per heavy atom. The molecule has 1 aliphatic heterocycles. The molecule has 0 saturated carbocycles. The van der Waals surface area contributed by atoms with Crippen LogP contribution in [0.2, 0.25) is 0 Å². The molecule has 8 heteroatoms. The van der Waals surface area contributed by atoms with Crippen molar-refractivity contribution in [1.82, 2.24) is 14.9 Å². The third kappa shape index (κ3) is 5.15. The van der Waals surface area contributed by atoms with E-state index in [0.717, 1.165) is 38.6 Å². The Kier molecular flexibility index (Phi) is 6.75. The molecule has 0 spiro atoms. The van der Waals surface area contributed by atoms with Gasteiger partial charge in [-0.15, -0.1) is 0 Å². The van der Waals surface area contributed by atoms with Gasteiger partial charge in [-0.05, 0) is 62.9 Å². The number of carbonyl (C=O) groups excluding carboxylic acids is 1. The number of amides is 2. The lowest BCUT2D eigenvalue weighted by Gasteiger charge is -2.34. The molecule has 2 amide bonds. The molecule has 1 N–H and O–H groups in total. The van der Waals surface area contributed by atoms with Gasteiger partial charge in [-0.2, -0.15) is 5.26 Å². The Balaban J connectivity index is 1.68. The highest BCUT2D eigenvalue weighted by molar-refractivity contribution is 7.19. The Bertz CT molecular complexity index is 1260. The second kappa shape index (κ2) is 9.74. The first-order valence-electron chi connectivity index (χ1n) is 11.3. The molecule has 3 aromatic rings. The lowest BCUT2D eigenvalue weighted by Crippen LogP contribution is -2.43. The lowest BCUT2D eigenvalue weighted by atomic mass is 9.82. The second-order valence-electron chi connectivity index (χ2n) is 8.94. The molecule has 7 nitrogen and oxygen atoms in total. The fourth-order valence-corrected chi connectivity index (χ4v) is 5.10. The van der Waals surface area contributed by atoms with Gasteiger partial charge in [-0.25, -0.2) is 9.78 Å². The summed E-state index contributed by atoms with van der Waals surface area (Å²) in [5.74, 6) is 0. The van der Waals surface area contributed by atoms with Gasteiger partial charge in [0.25, 0.3) is 0 Å². The van der Waals surface area contributed by atoms with Crippen LogP contribution in [0.5, 0.6) is 0 Å². The number of benzene rings is 1. The molecule has 1 saturated heterocycles. The number of anilines is 1. The maximum Gasteiger partial charge on any atom is 0.323 e. The van der Waals surface area contributed by atoms with E-state index in [2.05, 4.69) is 21.4 Å². The van der Waals surface area contributed by atoms with E-state index >= 15 is 0 Å². The number of carbonyl (C=O) groups is 1. The van der Waals surface area contributed by atoms with Crippen molar-refractivity contribution >= 4 is 28.7 Å². The molecule has 2 aromatic heterocycles. The van der Waals surface area contributed by atoms with Gasteiger partial charge < -0.3 is 4.90 Å². The molecule has 4 rings (SSSR count). The van der Waals surface area contributed by atoms with Crippen molar-refractivity contribution in [3.8, 4) is 27.8 Å². The number of aliphatic imine (C=N–C) groups is 1. The fraction of sp³-hybridized carbons (Fsp3) is 0.346. The predicted octanol–water partition coefficient (Wildman–Crippen LogP) is 5.70. The van der Waals surface area contributed by atoms with E-state index in [0.29, 0.717) is 31.1 Å². The monoisotopic (exact) mass is 472 g/mol. The third-order valence-electron chi connectivity index (χ3n) is 6.05. The fourth-order valence-electron chi connectivity index (χ4n) is 4.13. The summed E-state index contributed by atoms with van der Waals surface area (Å²) in [5, 5.41) is 12.9. The number of nitrogens with one attached hydrogen (secondary N) is 1. The zero-order chi connectivity index (χ0) is 24.3. The number of thiazole rings is 1. The van der Waals surface area contributed by atoms with Crippen molar-refractivity contribution in [2.24, 2.45) is 10.4 Å². The molecule has 3 heterocycles. The minimum Gasteiger partial charge on any atom is -0.324 e. The highest BCUT2D eigenvalue weighted by Crippen LogP contribution is 2.40. The summed E-state index contributed by atoms with van der Waals surface area (Å²) in [4.78, 5) is 29.2. The van der Waals surface area contributed by atoms with Crippen molar-refractivity contribution in [3.63, 3.8) is 0 Å². The SMILES string of the molecule is CN=Cc1cccc(-c2nc(NC(=O)N3CCC(C)(C#N)CC3)sc2-c2cc(C)nc(C)c2)c1. The largest absolute Gasteiger partial charge is 0.324 e. The number of rotatable bonds is 4. The molecule has 0 aliphatic carbocycles. The van der Waals surface area contributed by atoms with Crippen molar-refractivity contribution in [2.75, 3.05) is 25.5 Å². The topological polar surface area (TPSA) is 94.3 Å². The summed E-state index contributed by atoms with van der Waals surface area (Å²) >= 11 is 1.46. The molecule has 0 bridgehead atoms. The molecule has 1 fully saturated rings. The van der Waals surface area contributed by atoms with Crippen LogP contribution < -0.4 is 5.32 Å². The summed E-state index contributed by atoms with van der Waals surface area (Å²) in [5.41, 5.74) is 5.28. The summed E-state index contributed by atoms with van der Waals surface area (Å²) in [7, 11) is 1.75. The van der Waals surface area contributed by atoms with Gasteiger partial charge in [0.1, 0.15) is 0 Å². The first-order chi connectivity index (χ1) is 16.3. The van der Waals surface area contributed by atoms with E-state index in [1.54, 1.807) is 11.9 Å². The number of piperidine rings is 1. The molecular formula is C26H28N6OS. The predicted molar refractivity (Wildman–Crippen MR) is 137 cm³/mol. The van der Waals surface area contributed by atoms with Crippen LogP contribution in [0, 0.1) is 30.6 Å². The van der Waals surface area contributed by atoms with Crippen LogP contribution in [0.3, 0.4) is 0 Å². The van der Waals surface area contributed by atoms with Gasteiger partial charge in [0.05, 0.1) is 22.1 Å². The minimum atomic E-state index is -0.359. The molecule has 1 aromatic carbocycles. The normalized spacial score (nSPS) is 15.3. The number of aromatic nitrogens is 2. The molecule has 0 atom stereocenters. The van der Waals surface area contributed by atoms with Crippen molar-refractivity contribution in [1.29, 1.82) is 5.26 Å². The maximum atomic E-state index is 13.0. The third-order valence-corrected chi connectivity index (χ3v) is 7.07. The van der Waals surface area contributed by atoms with Crippen LogP contribution >= 0.6 is 11.3 Å². The summed E-state index contributed by atoms with van der Waals surface area (Å²) in [6, 6.07) is 14.3. The minimum absolute atomic E-state index is 0.180. The van der Waals surface area contributed by atoms with Crippen molar-refractivity contribution < 1.29 is 4.79 Å². The summed E-state index contributed by atoms with van der Waals surface area (Å²) in [6.07, 6.45) is 3.16. The smallest absolute Gasteiger partial charge is 0.323 e. The average molecular weight is 473 g/mol. The Morgan fingerprint density at radius 2 is 1.88 bits per heavy atom. The molecule has 1 aliphatic rings. The van der Waals surface area contributed by atoms with E-state index in [9.17, 15) is 10.1 Å². The number of pyridine rings is 1. The van der Waals surface area contributed by atoms with Gasteiger partial charge >= 0.3 is 6.03 Å². The standard InChI is InChI=1S/C26H28N6OS/c1-17-12-21(13-18(2)29-17)23-22(20-7-5-6-19(14-20)15-28-4)30-24(34-23)31-25(33)32-10-8-26(3,16-27)9-11-32/h5-7,12-15H,8-11H2,1-4H3,(H,30,31,33). The lowest BCUT2D eigenvalue weighted by molar-refractivity contribution is 0.166. The van der Waals surface area contributed by atoms with E-state index in [-0.39, 0.29) is 11.4 Å². The van der Waals surface area contributed by atoms with Crippen LogP contribution in [0.4, 0.5) is 9.93 Å². The zero-order valence-corrected chi connectivity index (χ0v) is 20.7. The Hall–Kier alpha value is -3.57. The highest BCUT2D eigenvalue weighted by Gasteiger charge is 2.32. The number of hydrogen-bond acceptors (Lipinski definition) is 6. The number of aryl methyl sites for hydroxylation is 2. The Morgan fingerprint density at radius 3 is 2.53 bits per heavy atom. The van der Waals surface area contributed by atoms with Gasteiger partial charge in [0.2, 0.25) is 0 Å². The zero-order valence-electron chi connectivity index (χ0n) is 19.9. The van der Waals surface area contributed by atoms with E-state index in [1.807, 2.05) is 63.4 Å². The van der Waals surface area contributed by atoms with Crippen LogP contribution in [0.15, 0.2) is 41.4 Å². The van der Waals surface area contributed by atoms with Gasteiger partial charge in [-0.3, -0.25) is 15.3 Å². The second-order valence-corrected chi connectivity index (χ2v) is 9.94. The maximum absolute atomic E-state index is 13.0. The molecule has 34 heavy (non-hydrogen) atoms. The number of urea groups is 1. The number of nitrogens with zero attached hydrogens (tertiary/aromatic N) is 5. The Labute approximate surface area is 204 Å². The van der Waals surface area contributed by atoms with Gasteiger partial charge in [0, 0.05) is 43.3 Å². The first kappa shape index (κ1) is 23.6. The quantitative estimate of drug-likeness (QED) is 0.493. The van der Waals surface area contributed by atoms with Crippen molar-refractivity contribution in [2.45, 2.75) is 33.6 Å². The van der Waals surface area contributed by atoms with Crippen LogP contribution in [0.1, 0.15) is 36.7 Å². The number of likely N-dealkylation sites (tertiary alicyclic amines) is 1. The molecule has 0 radical (unpaired) electrons. The molecule has 0 unspecified atom stereocenters. The average Bonchev–Trinajstić information content (AvgIpc) is 3.23. The number of nitriles is 1. The van der Waals surface area contributed by atoms with Crippen molar-refractivity contribution in [3.05, 3.63) is 53.3 Å². The summed E-state index contributed by atoms with van der Waals surface area (Å²) < 4.78 is 0. The van der Waals surface area contributed by atoms with Crippen LogP contribution in [0.25, 0.3) is 21.7 Å². The van der Waals surface area contributed by atoms with E-state index in [4.69, 9.17) is 4.98 Å². The number of hydrogen-bond donors (Lipinski definition) is 1. The molecule has 174 valence electrons. The van der Waals surface area contributed by atoms with Gasteiger partial charge in [-0.1, -0.05) is 29.5 Å². The van der Waals surface area contributed by atoms with Crippen LogP contribution in [-0.2, 0) is 0 Å². The van der Waals surface area contributed by atoms with E-state index in [1.165, 1.54) is 11.3 Å². The van der Waals surface area contributed by atoms with Crippen LogP contribution in [-0.4, -0.2) is 47.3 Å². The van der Waals surface area contributed by atoms with Gasteiger partial charge in [0.15, 0.2) is 5.13 Å². The highest BCUT2D eigenvalue weighted by atomic mass is 32.1.